The molecule has 0 aromatic heterocycles. The molecular weight excluding hydrogens is 719 g/mol. The molecule has 0 radical (unpaired) electrons. The van der Waals surface area contributed by atoms with Crippen molar-refractivity contribution in [1.29, 1.82) is 0 Å². The molecular formula is C56H61NS. The third kappa shape index (κ3) is 4.57. The van der Waals surface area contributed by atoms with E-state index in [9.17, 15) is 0 Å². The molecule has 1 heterocycles. The minimum Gasteiger partial charge on any atom is -0.310 e. The van der Waals surface area contributed by atoms with E-state index in [-0.39, 0.29) is 27.1 Å². The Morgan fingerprint density at radius 3 is 1.55 bits per heavy atom. The van der Waals surface area contributed by atoms with Gasteiger partial charge in [-0.25, -0.2) is 0 Å². The van der Waals surface area contributed by atoms with Gasteiger partial charge in [0.15, 0.2) is 0 Å². The van der Waals surface area contributed by atoms with Crippen LogP contribution in [0.5, 0.6) is 0 Å². The van der Waals surface area contributed by atoms with E-state index in [0.717, 1.165) is 23.7 Å². The first kappa shape index (κ1) is 36.1. The fourth-order valence-electron chi connectivity index (χ4n) is 15.0. The van der Waals surface area contributed by atoms with Gasteiger partial charge in [0.1, 0.15) is 0 Å². The Hall–Kier alpha value is -3.75. The maximum atomic E-state index is 2.64. The van der Waals surface area contributed by atoms with E-state index in [1.54, 1.807) is 11.1 Å². The fraction of sp³-hybridized carbons (Fsp3) is 0.464. The van der Waals surface area contributed by atoms with E-state index in [2.05, 4.69) is 175 Å². The van der Waals surface area contributed by atoms with Crippen molar-refractivity contribution in [2.75, 3.05) is 4.90 Å². The quantitative estimate of drug-likeness (QED) is 0.179. The Morgan fingerprint density at radius 1 is 0.466 bits per heavy atom. The Kier molecular flexibility index (Phi) is 7.19. The molecule has 2 heteroatoms. The molecule has 12 rings (SSSR count). The van der Waals surface area contributed by atoms with Crippen molar-refractivity contribution in [1.82, 2.24) is 0 Å². The summed E-state index contributed by atoms with van der Waals surface area (Å²) in [4.78, 5) is 5.62. The van der Waals surface area contributed by atoms with Crippen LogP contribution in [0.3, 0.4) is 0 Å². The second-order valence-electron chi connectivity index (χ2n) is 22.8. The summed E-state index contributed by atoms with van der Waals surface area (Å²) in [6.45, 7) is 19.7. The molecule has 296 valence electrons. The molecule has 1 aliphatic heterocycles. The largest absolute Gasteiger partial charge is 0.310 e. The van der Waals surface area contributed by atoms with Crippen molar-refractivity contribution in [2.45, 2.75) is 144 Å². The molecule has 7 aliphatic rings. The van der Waals surface area contributed by atoms with Crippen molar-refractivity contribution in [3.8, 4) is 11.1 Å². The molecule has 58 heavy (non-hydrogen) atoms. The molecule has 2 spiro atoms. The normalized spacial score (nSPS) is 31.5. The summed E-state index contributed by atoms with van der Waals surface area (Å²) in [6, 6.07) is 41.5. The third-order valence-electron chi connectivity index (χ3n) is 18.1. The van der Waals surface area contributed by atoms with Crippen LogP contribution in [0.15, 0.2) is 113 Å². The standard InChI is InChI=1S/C56H61NS/c1-51(2)22-24-53(5,6)45-30-38(15-19-41(45)51)57(39-16-20-42-46(31-39)54(7,8)25-23-52(42,3)4)40-17-21-44-48(32-40)58-47-28-36(35-12-10-9-11-13-35)14-18-43(47)56(44)49-27-34-26-37-29-50(56)55(37,49)33-34/h9-21,28,30-32,34,37,49-50H,22-27,29,33H2,1-8H3. The van der Waals surface area contributed by atoms with Crippen LogP contribution < -0.4 is 4.90 Å². The van der Waals surface area contributed by atoms with E-state index in [1.807, 2.05) is 0 Å². The zero-order chi connectivity index (χ0) is 39.8. The molecule has 5 aromatic carbocycles. The second kappa shape index (κ2) is 11.5. The van der Waals surface area contributed by atoms with Crippen LogP contribution in [0.25, 0.3) is 11.1 Å². The highest BCUT2D eigenvalue weighted by Gasteiger charge is 2.84. The van der Waals surface area contributed by atoms with Gasteiger partial charge >= 0.3 is 0 Å². The van der Waals surface area contributed by atoms with Gasteiger partial charge in [-0.05, 0) is 189 Å². The lowest BCUT2D eigenvalue weighted by Gasteiger charge is -2.78. The zero-order valence-electron chi connectivity index (χ0n) is 36.1. The highest BCUT2D eigenvalue weighted by molar-refractivity contribution is 7.99. The number of hydrogen-bond acceptors (Lipinski definition) is 2. The van der Waals surface area contributed by atoms with Crippen LogP contribution in [-0.2, 0) is 27.1 Å². The lowest BCUT2D eigenvalue weighted by Crippen LogP contribution is -2.74. The smallest absolute Gasteiger partial charge is 0.0473 e. The molecule has 4 saturated carbocycles. The Labute approximate surface area is 352 Å². The molecule has 1 nitrogen and oxygen atoms in total. The van der Waals surface area contributed by atoms with E-state index in [1.165, 1.54) is 112 Å². The Bertz CT molecular complexity index is 2480. The maximum absolute atomic E-state index is 2.64. The lowest BCUT2D eigenvalue weighted by atomic mass is 9.26. The summed E-state index contributed by atoms with van der Waals surface area (Å²) >= 11 is 2.05. The van der Waals surface area contributed by atoms with Gasteiger partial charge in [-0.1, -0.05) is 128 Å². The first-order chi connectivity index (χ1) is 27.6. The van der Waals surface area contributed by atoms with E-state index < -0.39 is 0 Å². The van der Waals surface area contributed by atoms with Crippen molar-refractivity contribution in [2.24, 2.45) is 29.1 Å². The SMILES string of the molecule is CC1(C)CCC(C)(C)c2cc(N(c3ccc4c(c3)Sc3cc(-c5ccccc5)ccc3C43C4CC5CC6CC3C64C5)c3ccc4c(c3)C(C)(C)CCC4(C)C)ccc21. The van der Waals surface area contributed by atoms with Gasteiger partial charge in [0.2, 0.25) is 0 Å². The molecule has 2 bridgehead atoms. The second-order valence-corrected chi connectivity index (χ2v) is 23.8. The fourth-order valence-corrected chi connectivity index (χ4v) is 16.3. The van der Waals surface area contributed by atoms with E-state index >= 15 is 0 Å². The summed E-state index contributed by atoms with van der Waals surface area (Å²) in [5.74, 6) is 3.48. The van der Waals surface area contributed by atoms with Crippen molar-refractivity contribution in [3.63, 3.8) is 0 Å². The molecule has 6 atom stereocenters. The first-order valence-corrected chi connectivity index (χ1v) is 23.6. The van der Waals surface area contributed by atoms with Gasteiger partial charge in [0.05, 0.1) is 0 Å². The highest BCUT2D eigenvalue weighted by atomic mass is 32.2. The highest BCUT2D eigenvalue weighted by Crippen LogP contribution is 2.89. The van der Waals surface area contributed by atoms with Crippen LogP contribution in [0, 0.1) is 29.1 Å². The van der Waals surface area contributed by atoms with Gasteiger partial charge in [-0.3, -0.25) is 0 Å². The molecule has 5 aromatic rings. The van der Waals surface area contributed by atoms with E-state index in [0.29, 0.717) is 5.41 Å². The average Bonchev–Trinajstić information content (AvgIpc) is 3.74. The molecule has 6 aliphatic carbocycles. The van der Waals surface area contributed by atoms with Gasteiger partial charge in [0.25, 0.3) is 0 Å². The molecule has 0 saturated heterocycles. The summed E-state index contributed by atoms with van der Waals surface area (Å²) < 4.78 is 0. The van der Waals surface area contributed by atoms with Crippen molar-refractivity contribution in [3.05, 3.63) is 137 Å². The van der Waals surface area contributed by atoms with Crippen LogP contribution in [0.1, 0.15) is 140 Å². The Morgan fingerprint density at radius 2 is 0.966 bits per heavy atom. The van der Waals surface area contributed by atoms with Crippen LogP contribution in [0.2, 0.25) is 0 Å². The minimum atomic E-state index is 0.133. The number of rotatable bonds is 4. The Balaban J connectivity index is 1.06. The summed E-state index contributed by atoms with van der Waals surface area (Å²) in [5, 5.41) is 0. The topological polar surface area (TPSA) is 3.24 Å². The van der Waals surface area contributed by atoms with Gasteiger partial charge in [0, 0.05) is 32.3 Å². The number of benzene rings is 5. The summed E-state index contributed by atoms with van der Waals surface area (Å²) in [5.41, 5.74) is 17.3. The van der Waals surface area contributed by atoms with Gasteiger partial charge < -0.3 is 4.90 Å². The summed E-state index contributed by atoms with van der Waals surface area (Å²) in [6.07, 6.45) is 10.7. The lowest BCUT2D eigenvalue weighted by molar-refractivity contribution is -0.235. The predicted octanol–water partition coefficient (Wildman–Crippen LogP) is 15.3. The maximum Gasteiger partial charge on any atom is 0.0473 e. The molecule has 0 N–H and O–H groups in total. The van der Waals surface area contributed by atoms with Gasteiger partial charge in [-0.2, -0.15) is 0 Å². The van der Waals surface area contributed by atoms with Crippen molar-refractivity contribution >= 4 is 28.8 Å². The van der Waals surface area contributed by atoms with Crippen molar-refractivity contribution < 1.29 is 0 Å². The number of hydrogen-bond donors (Lipinski definition) is 0. The molecule has 0 amide bonds. The monoisotopic (exact) mass is 779 g/mol. The number of nitrogens with zero attached hydrogens (tertiary/aromatic N) is 1. The molecule has 6 unspecified atom stereocenters. The average molecular weight is 780 g/mol. The third-order valence-corrected chi connectivity index (χ3v) is 19.2. The minimum absolute atomic E-state index is 0.133. The van der Waals surface area contributed by atoms with Crippen LogP contribution in [0.4, 0.5) is 17.1 Å². The number of fused-ring (bicyclic) bond motifs is 9. The van der Waals surface area contributed by atoms with Crippen LogP contribution >= 0.6 is 11.8 Å². The first-order valence-electron chi connectivity index (χ1n) is 22.8. The molecule has 4 fully saturated rings. The van der Waals surface area contributed by atoms with Gasteiger partial charge in [-0.15, -0.1) is 0 Å². The summed E-state index contributed by atoms with van der Waals surface area (Å²) in [7, 11) is 0. The van der Waals surface area contributed by atoms with E-state index in [4.69, 9.17) is 0 Å². The predicted molar refractivity (Wildman–Crippen MR) is 243 cm³/mol. The van der Waals surface area contributed by atoms with Crippen LogP contribution in [-0.4, -0.2) is 0 Å². The zero-order valence-corrected chi connectivity index (χ0v) is 37.0. The number of anilines is 3.